The first-order valence-electron chi connectivity index (χ1n) is 6.98. The Bertz CT molecular complexity index is 535. The lowest BCUT2D eigenvalue weighted by atomic mass is 10.1. The zero-order chi connectivity index (χ0) is 14.3. The van der Waals surface area contributed by atoms with Crippen molar-refractivity contribution in [1.29, 1.82) is 0 Å². The van der Waals surface area contributed by atoms with Crippen molar-refractivity contribution in [2.45, 2.75) is 31.2 Å². The predicted molar refractivity (Wildman–Crippen MR) is 69.0 cm³/mol. The Morgan fingerprint density at radius 1 is 1.40 bits per heavy atom. The Labute approximate surface area is 116 Å². The van der Waals surface area contributed by atoms with E-state index in [0.717, 1.165) is 18.9 Å². The van der Waals surface area contributed by atoms with Gasteiger partial charge in [-0.05, 0) is 36.8 Å². The van der Waals surface area contributed by atoms with E-state index < -0.39 is 11.6 Å². The SMILES string of the molecule is O=C(C1CC1c1ccc(F)cc1F)N1CCC[C@@H]1CO. The molecule has 1 aliphatic heterocycles. The highest BCUT2D eigenvalue weighted by molar-refractivity contribution is 5.83. The summed E-state index contributed by atoms with van der Waals surface area (Å²) in [4.78, 5) is 14.1. The van der Waals surface area contributed by atoms with E-state index in [2.05, 4.69) is 0 Å². The number of aliphatic hydroxyl groups excluding tert-OH is 1. The minimum absolute atomic E-state index is 0.00437. The molecule has 1 saturated carbocycles. The molecule has 2 unspecified atom stereocenters. The number of rotatable bonds is 3. The van der Waals surface area contributed by atoms with Crippen LogP contribution < -0.4 is 0 Å². The van der Waals surface area contributed by atoms with Gasteiger partial charge in [-0.15, -0.1) is 0 Å². The van der Waals surface area contributed by atoms with E-state index in [1.807, 2.05) is 0 Å². The number of aliphatic hydroxyl groups is 1. The van der Waals surface area contributed by atoms with Crippen LogP contribution in [0.4, 0.5) is 8.78 Å². The van der Waals surface area contributed by atoms with Crippen LogP contribution in [0.3, 0.4) is 0 Å². The Kier molecular flexibility index (Phi) is 3.46. The Hall–Kier alpha value is -1.49. The van der Waals surface area contributed by atoms with Crippen molar-refractivity contribution in [2.24, 2.45) is 5.92 Å². The minimum atomic E-state index is -0.602. The quantitative estimate of drug-likeness (QED) is 0.921. The first kappa shape index (κ1) is 13.5. The zero-order valence-electron chi connectivity index (χ0n) is 11.1. The summed E-state index contributed by atoms with van der Waals surface area (Å²) in [5, 5.41) is 9.25. The molecule has 1 aromatic rings. The number of amides is 1. The summed E-state index contributed by atoms with van der Waals surface area (Å²) >= 11 is 0. The van der Waals surface area contributed by atoms with Crippen LogP contribution in [-0.4, -0.2) is 35.1 Å². The lowest BCUT2D eigenvalue weighted by molar-refractivity contribution is -0.134. The van der Waals surface area contributed by atoms with E-state index in [0.29, 0.717) is 18.5 Å². The van der Waals surface area contributed by atoms with Crippen LogP contribution in [0.2, 0.25) is 0 Å². The summed E-state index contributed by atoms with van der Waals surface area (Å²) in [5.74, 6) is -1.56. The highest BCUT2D eigenvalue weighted by atomic mass is 19.1. The highest BCUT2D eigenvalue weighted by Crippen LogP contribution is 2.49. The smallest absolute Gasteiger partial charge is 0.226 e. The van der Waals surface area contributed by atoms with Gasteiger partial charge in [0.1, 0.15) is 11.6 Å². The average molecular weight is 281 g/mol. The van der Waals surface area contributed by atoms with Gasteiger partial charge in [0.05, 0.1) is 12.6 Å². The van der Waals surface area contributed by atoms with Gasteiger partial charge in [-0.1, -0.05) is 6.07 Å². The molecule has 0 bridgehead atoms. The van der Waals surface area contributed by atoms with Crippen molar-refractivity contribution < 1.29 is 18.7 Å². The second kappa shape index (κ2) is 5.13. The Morgan fingerprint density at radius 2 is 2.20 bits per heavy atom. The summed E-state index contributed by atoms with van der Waals surface area (Å²) < 4.78 is 26.6. The molecule has 108 valence electrons. The van der Waals surface area contributed by atoms with Crippen molar-refractivity contribution in [3.63, 3.8) is 0 Å². The minimum Gasteiger partial charge on any atom is -0.394 e. The standard InChI is InChI=1S/C15H17F2NO2/c16-9-3-4-11(14(17)6-9)12-7-13(12)15(20)18-5-1-2-10(18)8-19/h3-4,6,10,12-13,19H,1-2,5,7-8H2/t10-,12?,13?/m1/s1. The fourth-order valence-corrected chi connectivity index (χ4v) is 3.14. The first-order valence-corrected chi connectivity index (χ1v) is 6.98. The molecular formula is C15H17F2NO2. The monoisotopic (exact) mass is 281 g/mol. The van der Waals surface area contributed by atoms with Crippen LogP contribution in [0.25, 0.3) is 0 Å². The number of likely N-dealkylation sites (tertiary alicyclic amines) is 1. The number of nitrogens with zero attached hydrogens (tertiary/aromatic N) is 1. The molecule has 1 saturated heterocycles. The number of benzene rings is 1. The fourth-order valence-electron chi connectivity index (χ4n) is 3.14. The lowest BCUT2D eigenvalue weighted by Gasteiger charge is -2.23. The van der Waals surface area contributed by atoms with Gasteiger partial charge in [0.15, 0.2) is 0 Å². The van der Waals surface area contributed by atoms with Crippen molar-refractivity contribution in [1.82, 2.24) is 4.90 Å². The van der Waals surface area contributed by atoms with Crippen LogP contribution in [0.5, 0.6) is 0 Å². The molecule has 3 atom stereocenters. The van der Waals surface area contributed by atoms with Crippen molar-refractivity contribution in [3.05, 3.63) is 35.4 Å². The van der Waals surface area contributed by atoms with Gasteiger partial charge in [-0.2, -0.15) is 0 Å². The third-order valence-electron chi connectivity index (χ3n) is 4.34. The maximum Gasteiger partial charge on any atom is 0.226 e. The number of carbonyl (C=O) groups is 1. The number of hydrogen-bond acceptors (Lipinski definition) is 2. The van der Waals surface area contributed by atoms with Gasteiger partial charge in [0.2, 0.25) is 5.91 Å². The predicted octanol–water partition coefficient (Wildman–Crippen LogP) is 2.05. The Morgan fingerprint density at radius 3 is 2.90 bits per heavy atom. The molecule has 3 nitrogen and oxygen atoms in total. The van der Waals surface area contributed by atoms with E-state index in [4.69, 9.17) is 0 Å². The second-order valence-electron chi connectivity index (χ2n) is 5.62. The molecule has 0 spiro atoms. The highest BCUT2D eigenvalue weighted by Gasteiger charge is 2.48. The molecule has 1 amide bonds. The lowest BCUT2D eigenvalue weighted by Crippen LogP contribution is -2.38. The molecule has 3 rings (SSSR count). The number of halogens is 2. The second-order valence-corrected chi connectivity index (χ2v) is 5.62. The van der Waals surface area contributed by atoms with Crippen molar-refractivity contribution >= 4 is 5.91 Å². The third kappa shape index (κ3) is 2.30. The van der Waals surface area contributed by atoms with Crippen molar-refractivity contribution in [2.75, 3.05) is 13.2 Å². The molecule has 1 heterocycles. The van der Waals surface area contributed by atoms with E-state index in [1.165, 1.54) is 12.1 Å². The van der Waals surface area contributed by atoms with Crippen LogP contribution in [-0.2, 0) is 4.79 Å². The van der Waals surface area contributed by atoms with Gasteiger partial charge in [0.25, 0.3) is 0 Å². The topological polar surface area (TPSA) is 40.5 Å². The molecule has 20 heavy (non-hydrogen) atoms. The molecule has 2 fully saturated rings. The van der Waals surface area contributed by atoms with Crippen LogP contribution in [0, 0.1) is 17.6 Å². The Balaban J connectivity index is 1.71. The molecule has 1 aromatic carbocycles. The molecule has 0 radical (unpaired) electrons. The van der Waals surface area contributed by atoms with E-state index >= 15 is 0 Å². The average Bonchev–Trinajstić information content (AvgIpc) is 3.06. The normalized spacial score (nSPS) is 28.8. The summed E-state index contributed by atoms with van der Waals surface area (Å²) in [6, 6.07) is 3.42. The number of hydrogen-bond donors (Lipinski definition) is 1. The molecular weight excluding hydrogens is 264 g/mol. The van der Waals surface area contributed by atoms with Gasteiger partial charge in [-0.25, -0.2) is 8.78 Å². The third-order valence-corrected chi connectivity index (χ3v) is 4.34. The van der Waals surface area contributed by atoms with Gasteiger partial charge in [0, 0.05) is 18.5 Å². The zero-order valence-corrected chi connectivity index (χ0v) is 11.1. The van der Waals surface area contributed by atoms with Crippen LogP contribution in [0.1, 0.15) is 30.7 Å². The van der Waals surface area contributed by atoms with E-state index in [1.54, 1.807) is 4.90 Å². The summed E-state index contributed by atoms with van der Waals surface area (Å²) in [7, 11) is 0. The molecule has 0 aromatic heterocycles. The first-order chi connectivity index (χ1) is 9.61. The summed E-state index contributed by atoms with van der Waals surface area (Å²) in [6.07, 6.45) is 2.33. The van der Waals surface area contributed by atoms with Gasteiger partial charge in [-0.3, -0.25) is 4.79 Å². The van der Waals surface area contributed by atoms with Crippen LogP contribution in [0.15, 0.2) is 18.2 Å². The van der Waals surface area contributed by atoms with Crippen LogP contribution >= 0.6 is 0 Å². The molecule has 1 aliphatic carbocycles. The van der Waals surface area contributed by atoms with E-state index in [9.17, 15) is 18.7 Å². The van der Waals surface area contributed by atoms with Gasteiger partial charge < -0.3 is 10.0 Å². The fraction of sp³-hybridized carbons (Fsp3) is 0.533. The maximum absolute atomic E-state index is 13.7. The summed E-state index contributed by atoms with van der Waals surface area (Å²) in [5.41, 5.74) is 0.421. The van der Waals surface area contributed by atoms with Gasteiger partial charge >= 0.3 is 0 Å². The van der Waals surface area contributed by atoms with Crippen molar-refractivity contribution in [3.8, 4) is 0 Å². The largest absolute Gasteiger partial charge is 0.394 e. The molecule has 5 heteroatoms. The number of carbonyl (C=O) groups excluding carboxylic acids is 1. The molecule has 1 N–H and O–H groups in total. The summed E-state index contributed by atoms with van der Waals surface area (Å²) in [6.45, 7) is 0.646. The molecule has 2 aliphatic rings. The maximum atomic E-state index is 13.7. The van der Waals surface area contributed by atoms with E-state index in [-0.39, 0.29) is 30.4 Å².